The molecule has 0 fully saturated rings. The summed E-state index contributed by atoms with van der Waals surface area (Å²) in [5.74, 6) is 2.82. The molecule has 0 aliphatic heterocycles. The first-order chi connectivity index (χ1) is 10.0. The summed E-state index contributed by atoms with van der Waals surface area (Å²) < 4.78 is 22.8. The van der Waals surface area contributed by atoms with E-state index in [1.165, 1.54) is 0 Å². The van der Waals surface area contributed by atoms with Gasteiger partial charge >= 0.3 is 0 Å². The summed E-state index contributed by atoms with van der Waals surface area (Å²) in [6.45, 7) is 12.7. The van der Waals surface area contributed by atoms with E-state index in [0.717, 1.165) is 11.1 Å². The SMILES string of the molecule is COc1c(OC)c(C(C)(C)C)c(OC)c(OC)c1C(C)(C)C. The van der Waals surface area contributed by atoms with Gasteiger partial charge in [0, 0.05) is 11.1 Å². The molecule has 1 rings (SSSR count). The van der Waals surface area contributed by atoms with Crippen LogP contribution in [0.2, 0.25) is 0 Å². The summed E-state index contributed by atoms with van der Waals surface area (Å²) in [4.78, 5) is 0. The van der Waals surface area contributed by atoms with E-state index >= 15 is 0 Å². The molecule has 0 N–H and O–H groups in total. The second kappa shape index (κ2) is 6.27. The van der Waals surface area contributed by atoms with Crippen molar-refractivity contribution in [3.05, 3.63) is 11.1 Å². The van der Waals surface area contributed by atoms with Gasteiger partial charge in [0.1, 0.15) is 0 Å². The molecule has 0 aromatic heterocycles. The fourth-order valence-electron chi connectivity index (χ4n) is 2.80. The zero-order valence-electron chi connectivity index (χ0n) is 15.6. The summed E-state index contributed by atoms with van der Waals surface area (Å²) >= 11 is 0. The van der Waals surface area contributed by atoms with Gasteiger partial charge in [-0.2, -0.15) is 0 Å². The maximum Gasteiger partial charge on any atom is 0.168 e. The van der Waals surface area contributed by atoms with E-state index in [1.807, 2.05) is 0 Å². The highest BCUT2D eigenvalue weighted by Crippen LogP contribution is 2.55. The van der Waals surface area contributed by atoms with Crippen molar-refractivity contribution in [1.82, 2.24) is 0 Å². The Morgan fingerprint density at radius 2 is 0.636 bits per heavy atom. The molecule has 4 nitrogen and oxygen atoms in total. The van der Waals surface area contributed by atoms with Gasteiger partial charge in [-0.05, 0) is 10.8 Å². The standard InChI is InChI=1S/C18H30O4/c1-17(2,3)11-13(19-7)15(21-9)12(18(4,5)6)16(22-10)14(11)20-8/h1-10H3. The Kier molecular flexibility index (Phi) is 5.26. The van der Waals surface area contributed by atoms with Crippen LogP contribution in [-0.4, -0.2) is 28.4 Å². The predicted molar refractivity (Wildman–Crippen MR) is 90.1 cm³/mol. The van der Waals surface area contributed by atoms with Crippen LogP contribution >= 0.6 is 0 Å². The van der Waals surface area contributed by atoms with Crippen LogP contribution in [-0.2, 0) is 10.8 Å². The third kappa shape index (κ3) is 3.11. The molecule has 0 heterocycles. The van der Waals surface area contributed by atoms with Crippen molar-refractivity contribution in [2.24, 2.45) is 0 Å². The first kappa shape index (κ1) is 18.5. The normalized spacial score (nSPS) is 12.1. The summed E-state index contributed by atoms with van der Waals surface area (Å²) in [5.41, 5.74) is 1.51. The van der Waals surface area contributed by atoms with Crippen LogP contribution in [0.15, 0.2) is 0 Å². The lowest BCUT2D eigenvalue weighted by atomic mass is 9.79. The van der Waals surface area contributed by atoms with E-state index in [2.05, 4.69) is 41.5 Å². The van der Waals surface area contributed by atoms with E-state index in [4.69, 9.17) is 18.9 Å². The quantitative estimate of drug-likeness (QED) is 0.830. The zero-order valence-corrected chi connectivity index (χ0v) is 15.6. The van der Waals surface area contributed by atoms with E-state index < -0.39 is 0 Å². The van der Waals surface area contributed by atoms with Crippen LogP contribution in [0, 0.1) is 0 Å². The van der Waals surface area contributed by atoms with Crippen LogP contribution < -0.4 is 18.9 Å². The van der Waals surface area contributed by atoms with Crippen molar-refractivity contribution in [1.29, 1.82) is 0 Å². The molecule has 0 atom stereocenters. The summed E-state index contributed by atoms with van der Waals surface area (Å²) in [6, 6.07) is 0. The number of rotatable bonds is 4. The van der Waals surface area contributed by atoms with Crippen molar-refractivity contribution < 1.29 is 18.9 Å². The fraction of sp³-hybridized carbons (Fsp3) is 0.667. The van der Waals surface area contributed by atoms with E-state index in [9.17, 15) is 0 Å². The third-order valence-corrected chi connectivity index (χ3v) is 3.64. The van der Waals surface area contributed by atoms with Gasteiger partial charge in [0.2, 0.25) is 0 Å². The number of hydrogen-bond acceptors (Lipinski definition) is 4. The van der Waals surface area contributed by atoms with Gasteiger partial charge in [0.15, 0.2) is 23.0 Å². The van der Waals surface area contributed by atoms with Crippen LogP contribution in [0.3, 0.4) is 0 Å². The van der Waals surface area contributed by atoms with Crippen molar-refractivity contribution in [3.63, 3.8) is 0 Å². The Labute approximate surface area is 134 Å². The molecule has 126 valence electrons. The van der Waals surface area contributed by atoms with Gasteiger partial charge < -0.3 is 18.9 Å². The lowest BCUT2D eigenvalue weighted by molar-refractivity contribution is 0.300. The van der Waals surface area contributed by atoms with Gasteiger partial charge in [0.05, 0.1) is 28.4 Å². The first-order valence-electron chi connectivity index (χ1n) is 7.45. The topological polar surface area (TPSA) is 36.9 Å². The first-order valence-corrected chi connectivity index (χ1v) is 7.45. The Balaban J connectivity index is 4.07. The Morgan fingerprint density at radius 1 is 0.455 bits per heavy atom. The molecule has 0 unspecified atom stereocenters. The minimum absolute atomic E-state index is 0.187. The number of methoxy groups -OCH3 is 4. The van der Waals surface area contributed by atoms with Gasteiger partial charge in [-0.25, -0.2) is 0 Å². The molecule has 0 aliphatic rings. The second-order valence-corrected chi connectivity index (χ2v) is 7.38. The van der Waals surface area contributed by atoms with Crippen molar-refractivity contribution >= 4 is 0 Å². The van der Waals surface area contributed by atoms with Crippen molar-refractivity contribution in [2.45, 2.75) is 52.4 Å². The molecule has 1 aromatic carbocycles. The molecule has 0 saturated heterocycles. The Morgan fingerprint density at radius 3 is 0.727 bits per heavy atom. The van der Waals surface area contributed by atoms with E-state index in [0.29, 0.717) is 23.0 Å². The largest absolute Gasteiger partial charge is 0.492 e. The summed E-state index contributed by atoms with van der Waals surface area (Å²) in [6.07, 6.45) is 0. The molecular formula is C18H30O4. The fourth-order valence-corrected chi connectivity index (χ4v) is 2.80. The highest BCUT2D eigenvalue weighted by molar-refractivity contribution is 5.70. The molecule has 0 radical (unpaired) electrons. The van der Waals surface area contributed by atoms with Crippen LogP contribution in [0.1, 0.15) is 52.7 Å². The maximum atomic E-state index is 5.71. The number of benzene rings is 1. The summed E-state index contributed by atoms with van der Waals surface area (Å²) in [5, 5.41) is 0. The maximum absolute atomic E-state index is 5.71. The average molecular weight is 310 g/mol. The van der Waals surface area contributed by atoms with Gasteiger partial charge in [-0.1, -0.05) is 41.5 Å². The molecular weight excluding hydrogens is 280 g/mol. The lowest BCUT2D eigenvalue weighted by Gasteiger charge is -2.32. The molecule has 0 aliphatic carbocycles. The Hall–Kier alpha value is -1.58. The smallest absolute Gasteiger partial charge is 0.168 e. The molecule has 4 heteroatoms. The average Bonchev–Trinajstić information content (AvgIpc) is 2.41. The highest BCUT2D eigenvalue weighted by atomic mass is 16.5. The molecule has 22 heavy (non-hydrogen) atoms. The second-order valence-electron chi connectivity index (χ2n) is 7.38. The molecule has 0 spiro atoms. The zero-order chi connectivity index (χ0) is 17.3. The van der Waals surface area contributed by atoms with Crippen LogP contribution in [0.25, 0.3) is 0 Å². The monoisotopic (exact) mass is 310 g/mol. The minimum Gasteiger partial charge on any atom is -0.492 e. The van der Waals surface area contributed by atoms with Crippen LogP contribution in [0.5, 0.6) is 23.0 Å². The van der Waals surface area contributed by atoms with Gasteiger partial charge in [-0.15, -0.1) is 0 Å². The van der Waals surface area contributed by atoms with Gasteiger partial charge in [0.25, 0.3) is 0 Å². The highest BCUT2D eigenvalue weighted by Gasteiger charge is 2.36. The molecule has 0 saturated carbocycles. The van der Waals surface area contributed by atoms with Crippen molar-refractivity contribution in [2.75, 3.05) is 28.4 Å². The number of hydrogen-bond donors (Lipinski definition) is 0. The molecule has 0 amide bonds. The molecule has 1 aromatic rings. The van der Waals surface area contributed by atoms with E-state index in [1.54, 1.807) is 28.4 Å². The van der Waals surface area contributed by atoms with Gasteiger partial charge in [-0.3, -0.25) is 0 Å². The molecule has 0 bridgehead atoms. The Bertz CT molecular complexity index is 451. The summed E-state index contributed by atoms with van der Waals surface area (Å²) in [7, 11) is 6.63. The van der Waals surface area contributed by atoms with Crippen LogP contribution in [0.4, 0.5) is 0 Å². The number of ether oxygens (including phenoxy) is 4. The third-order valence-electron chi connectivity index (χ3n) is 3.64. The van der Waals surface area contributed by atoms with Crippen molar-refractivity contribution in [3.8, 4) is 23.0 Å². The minimum atomic E-state index is -0.187. The van der Waals surface area contributed by atoms with E-state index in [-0.39, 0.29) is 10.8 Å². The lowest BCUT2D eigenvalue weighted by Crippen LogP contribution is -2.21. The predicted octanol–water partition coefficient (Wildman–Crippen LogP) is 4.32.